The van der Waals surface area contributed by atoms with Crippen molar-refractivity contribution in [3.63, 3.8) is 0 Å². The highest BCUT2D eigenvalue weighted by molar-refractivity contribution is 9.10. The molecule has 1 aromatic rings. The fraction of sp³-hybridized carbons (Fsp3) is 0.364. The first kappa shape index (κ1) is 10.7. The molecular weight excluding hydrogens is 266 g/mol. The molecule has 0 aromatic heterocycles. The van der Waals surface area contributed by atoms with Gasteiger partial charge >= 0.3 is 0 Å². The average molecular weight is 275 g/mol. The van der Waals surface area contributed by atoms with Gasteiger partial charge in [-0.15, -0.1) is 0 Å². The third-order valence-electron chi connectivity index (χ3n) is 2.46. The van der Waals surface area contributed by atoms with Crippen LogP contribution in [0.4, 0.5) is 8.78 Å². The van der Waals surface area contributed by atoms with Crippen LogP contribution in [0.1, 0.15) is 29.6 Å². The number of carbonyl (C=O) groups excluding carboxylic acids is 1. The van der Waals surface area contributed by atoms with Gasteiger partial charge in [0.2, 0.25) is 0 Å². The molecule has 1 aliphatic carbocycles. The van der Waals surface area contributed by atoms with Gasteiger partial charge in [-0.05, 0) is 30.9 Å². The zero-order valence-corrected chi connectivity index (χ0v) is 9.48. The number of halogens is 3. The summed E-state index contributed by atoms with van der Waals surface area (Å²) in [6.45, 7) is 0. The minimum absolute atomic E-state index is 0.259. The normalized spacial score (nSPS) is 15.4. The van der Waals surface area contributed by atoms with Crippen LogP contribution in [0.3, 0.4) is 0 Å². The molecule has 1 saturated carbocycles. The molecule has 0 saturated heterocycles. The lowest BCUT2D eigenvalue weighted by Crippen LogP contribution is -2.06. The van der Waals surface area contributed by atoms with Gasteiger partial charge in [-0.3, -0.25) is 4.79 Å². The molecule has 1 aromatic carbocycles. The number of hydrogen-bond acceptors (Lipinski definition) is 1. The van der Waals surface area contributed by atoms with Crippen LogP contribution in [-0.4, -0.2) is 5.78 Å². The van der Waals surface area contributed by atoms with Gasteiger partial charge < -0.3 is 0 Å². The lowest BCUT2D eigenvalue weighted by molar-refractivity contribution is 0.0968. The number of Topliss-reactive ketones (excluding diaryl/α,β-unsaturated/α-hetero) is 1. The topological polar surface area (TPSA) is 17.1 Å². The van der Waals surface area contributed by atoms with Gasteiger partial charge in [0.1, 0.15) is 11.6 Å². The standard InChI is InChI=1S/C11H9BrF2O/c12-7-4-8(13)11(9(14)5-7)10(15)3-6-1-2-6/h4-6H,1-3H2. The second-order valence-electron chi connectivity index (χ2n) is 3.82. The molecule has 15 heavy (non-hydrogen) atoms. The van der Waals surface area contributed by atoms with Crippen molar-refractivity contribution in [2.75, 3.05) is 0 Å². The van der Waals surface area contributed by atoms with Crippen LogP contribution in [0.2, 0.25) is 0 Å². The summed E-state index contributed by atoms with van der Waals surface area (Å²) in [5, 5.41) is 0. The number of carbonyl (C=O) groups is 1. The van der Waals surface area contributed by atoms with Gasteiger partial charge in [-0.2, -0.15) is 0 Å². The Kier molecular flexibility index (Phi) is 2.87. The van der Waals surface area contributed by atoms with E-state index < -0.39 is 23.0 Å². The van der Waals surface area contributed by atoms with Gasteiger partial charge in [-0.1, -0.05) is 15.9 Å². The molecule has 0 bridgehead atoms. The van der Waals surface area contributed by atoms with E-state index in [2.05, 4.69) is 15.9 Å². The zero-order valence-electron chi connectivity index (χ0n) is 7.90. The van der Waals surface area contributed by atoms with Crippen molar-refractivity contribution in [2.45, 2.75) is 19.3 Å². The molecule has 0 heterocycles. The predicted octanol–water partition coefficient (Wildman–Crippen LogP) is 3.71. The third kappa shape index (κ3) is 2.43. The zero-order chi connectivity index (χ0) is 11.0. The SMILES string of the molecule is O=C(CC1CC1)c1c(F)cc(Br)cc1F. The van der Waals surface area contributed by atoms with Crippen molar-refractivity contribution in [1.29, 1.82) is 0 Å². The lowest BCUT2D eigenvalue weighted by atomic mass is 10.0. The molecule has 0 aliphatic heterocycles. The molecule has 0 amide bonds. The number of rotatable bonds is 3. The lowest BCUT2D eigenvalue weighted by Gasteiger charge is -2.04. The molecule has 1 nitrogen and oxygen atoms in total. The van der Waals surface area contributed by atoms with E-state index in [-0.39, 0.29) is 6.42 Å². The highest BCUT2D eigenvalue weighted by atomic mass is 79.9. The van der Waals surface area contributed by atoms with Gasteiger partial charge in [0.25, 0.3) is 0 Å². The maximum Gasteiger partial charge on any atom is 0.169 e. The quantitative estimate of drug-likeness (QED) is 0.768. The molecule has 1 aliphatic rings. The Morgan fingerprint density at radius 2 is 1.87 bits per heavy atom. The minimum atomic E-state index is -0.785. The Morgan fingerprint density at radius 3 is 2.33 bits per heavy atom. The summed E-state index contributed by atoms with van der Waals surface area (Å²) in [4.78, 5) is 11.6. The first-order valence-corrected chi connectivity index (χ1v) is 5.55. The van der Waals surface area contributed by atoms with E-state index in [4.69, 9.17) is 0 Å². The van der Waals surface area contributed by atoms with Crippen molar-refractivity contribution in [3.05, 3.63) is 33.8 Å². The maximum absolute atomic E-state index is 13.3. The van der Waals surface area contributed by atoms with Crippen LogP contribution in [0.25, 0.3) is 0 Å². The highest BCUT2D eigenvalue weighted by Gasteiger charge is 2.27. The van der Waals surface area contributed by atoms with Crippen LogP contribution < -0.4 is 0 Å². The summed E-state index contributed by atoms with van der Waals surface area (Å²) < 4.78 is 27.0. The van der Waals surface area contributed by atoms with Crippen LogP contribution >= 0.6 is 15.9 Å². The van der Waals surface area contributed by atoms with Crippen molar-refractivity contribution < 1.29 is 13.6 Å². The van der Waals surface area contributed by atoms with E-state index in [9.17, 15) is 13.6 Å². The van der Waals surface area contributed by atoms with E-state index in [1.54, 1.807) is 0 Å². The van der Waals surface area contributed by atoms with Crippen molar-refractivity contribution in [1.82, 2.24) is 0 Å². The van der Waals surface area contributed by atoms with Crippen molar-refractivity contribution in [3.8, 4) is 0 Å². The van der Waals surface area contributed by atoms with E-state index >= 15 is 0 Å². The summed E-state index contributed by atoms with van der Waals surface area (Å²) in [5.41, 5.74) is -0.398. The van der Waals surface area contributed by atoms with Gasteiger partial charge in [0, 0.05) is 10.9 Å². The second kappa shape index (κ2) is 4.00. The fourth-order valence-corrected chi connectivity index (χ4v) is 1.90. The number of ketones is 1. The van der Waals surface area contributed by atoms with E-state index in [0.717, 1.165) is 25.0 Å². The molecule has 80 valence electrons. The molecule has 4 heteroatoms. The Labute approximate surface area is 94.6 Å². The Balaban J connectivity index is 2.29. The summed E-state index contributed by atoms with van der Waals surface area (Å²) in [7, 11) is 0. The highest BCUT2D eigenvalue weighted by Crippen LogP contribution is 2.34. The Hall–Kier alpha value is -0.770. The summed E-state index contributed by atoms with van der Waals surface area (Å²) >= 11 is 2.97. The molecular formula is C11H9BrF2O. The first-order valence-electron chi connectivity index (χ1n) is 4.75. The van der Waals surface area contributed by atoms with Crippen molar-refractivity contribution >= 4 is 21.7 Å². The largest absolute Gasteiger partial charge is 0.294 e. The molecule has 0 radical (unpaired) electrons. The first-order chi connectivity index (χ1) is 7.08. The van der Waals surface area contributed by atoms with E-state index in [1.165, 1.54) is 0 Å². The number of benzene rings is 1. The summed E-state index contributed by atoms with van der Waals surface area (Å²) in [6.07, 6.45) is 2.24. The Bertz CT molecular complexity index is 390. The minimum Gasteiger partial charge on any atom is -0.294 e. The summed E-state index contributed by atoms with van der Waals surface area (Å²) in [5.74, 6) is -1.67. The van der Waals surface area contributed by atoms with Crippen LogP contribution in [0.15, 0.2) is 16.6 Å². The number of hydrogen-bond donors (Lipinski definition) is 0. The van der Waals surface area contributed by atoms with Gasteiger partial charge in [-0.25, -0.2) is 8.78 Å². The fourth-order valence-electron chi connectivity index (χ4n) is 1.49. The second-order valence-corrected chi connectivity index (χ2v) is 4.73. The average Bonchev–Trinajstić information content (AvgIpc) is 2.85. The van der Waals surface area contributed by atoms with E-state index in [1.807, 2.05) is 0 Å². The van der Waals surface area contributed by atoms with Crippen LogP contribution in [0, 0.1) is 17.6 Å². The predicted molar refractivity (Wildman–Crippen MR) is 55.7 cm³/mol. The third-order valence-corrected chi connectivity index (χ3v) is 2.91. The molecule has 0 unspecified atom stereocenters. The molecule has 2 rings (SSSR count). The summed E-state index contributed by atoms with van der Waals surface area (Å²) in [6, 6.07) is 2.23. The molecule has 1 fully saturated rings. The van der Waals surface area contributed by atoms with Crippen molar-refractivity contribution in [2.24, 2.45) is 5.92 Å². The van der Waals surface area contributed by atoms with Crippen LogP contribution in [0.5, 0.6) is 0 Å². The monoisotopic (exact) mass is 274 g/mol. The van der Waals surface area contributed by atoms with Crippen LogP contribution in [-0.2, 0) is 0 Å². The van der Waals surface area contributed by atoms with Gasteiger partial charge in [0.15, 0.2) is 5.78 Å². The maximum atomic E-state index is 13.3. The smallest absolute Gasteiger partial charge is 0.169 e. The molecule has 0 atom stereocenters. The van der Waals surface area contributed by atoms with E-state index in [0.29, 0.717) is 10.4 Å². The molecule has 0 spiro atoms. The van der Waals surface area contributed by atoms with Gasteiger partial charge in [0.05, 0.1) is 5.56 Å². The molecule has 0 N–H and O–H groups in total. The Morgan fingerprint density at radius 1 is 1.33 bits per heavy atom.